The lowest BCUT2D eigenvalue weighted by Gasteiger charge is -2.49. The van der Waals surface area contributed by atoms with E-state index in [2.05, 4.69) is 39.9 Å². The largest absolute Gasteiger partial charge is 0.307 e. The minimum atomic E-state index is 0.0333. The number of rotatable bonds is 18. The van der Waals surface area contributed by atoms with Crippen molar-refractivity contribution in [1.29, 1.82) is 0 Å². The summed E-state index contributed by atoms with van der Waals surface area (Å²) in [6.07, 6.45) is 24.3. The summed E-state index contributed by atoms with van der Waals surface area (Å²) in [7, 11) is 0. The number of hydrogen-bond acceptors (Lipinski definition) is 3. The number of unbranched alkanes of at least 4 members (excludes halogenated alkanes) is 14. The molecular formula is C31H58N2O2. The Hall–Kier alpha value is -0.900. The molecule has 0 saturated carbocycles. The lowest BCUT2D eigenvalue weighted by molar-refractivity contribution is -0.143. The lowest BCUT2D eigenvalue weighted by Crippen LogP contribution is -2.61. The van der Waals surface area contributed by atoms with Gasteiger partial charge in [-0.25, -0.2) is 0 Å². The molecule has 0 spiro atoms. The van der Waals surface area contributed by atoms with Crippen LogP contribution in [0.25, 0.3) is 0 Å². The Bertz CT molecular complexity index is 595. The Morgan fingerprint density at radius 2 is 1.06 bits per heavy atom. The summed E-state index contributed by atoms with van der Waals surface area (Å²) < 4.78 is 0. The van der Waals surface area contributed by atoms with E-state index < -0.39 is 0 Å². The molecule has 2 rings (SSSR count). The second-order valence-corrected chi connectivity index (χ2v) is 13.0. The van der Waals surface area contributed by atoms with Crippen LogP contribution in [0.4, 0.5) is 0 Å². The first-order valence-electron chi connectivity index (χ1n) is 15.3. The maximum Gasteiger partial charge on any atom is 0.229 e. The van der Waals surface area contributed by atoms with Gasteiger partial charge in [-0.1, -0.05) is 103 Å². The zero-order valence-electron chi connectivity index (χ0n) is 24.1. The van der Waals surface area contributed by atoms with Gasteiger partial charge in [-0.3, -0.25) is 14.5 Å². The summed E-state index contributed by atoms with van der Waals surface area (Å²) in [5, 5.41) is 3.76. The van der Waals surface area contributed by atoms with Crippen molar-refractivity contribution in [3.8, 4) is 0 Å². The molecule has 4 nitrogen and oxygen atoms in total. The van der Waals surface area contributed by atoms with E-state index in [1.807, 2.05) is 0 Å². The fourth-order valence-corrected chi connectivity index (χ4v) is 6.94. The van der Waals surface area contributed by atoms with E-state index in [-0.39, 0.29) is 28.9 Å². The van der Waals surface area contributed by atoms with Crippen LogP contribution in [0.3, 0.4) is 0 Å². The minimum absolute atomic E-state index is 0.0333. The molecule has 2 saturated heterocycles. The summed E-state index contributed by atoms with van der Waals surface area (Å²) in [5.74, 6) is 0.518. The molecule has 0 aromatic carbocycles. The van der Waals surface area contributed by atoms with Crippen LogP contribution < -0.4 is 5.32 Å². The summed E-state index contributed by atoms with van der Waals surface area (Å²) in [6, 6.07) is 0.0834. The van der Waals surface area contributed by atoms with Crippen LogP contribution in [0, 0.1) is 5.92 Å². The molecule has 35 heavy (non-hydrogen) atoms. The highest BCUT2D eigenvalue weighted by molar-refractivity contribution is 6.02. The number of likely N-dealkylation sites (tertiary alicyclic amines) is 1. The van der Waals surface area contributed by atoms with Crippen molar-refractivity contribution in [2.45, 2.75) is 180 Å². The first-order valence-corrected chi connectivity index (χ1v) is 15.3. The number of nitrogens with zero attached hydrogens (tertiary/aromatic N) is 1. The quantitative estimate of drug-likeness (QED) is 0.155. The maximum absolute atomic E-state index is 12.6. The summed E-state index contributed by atoms with van der Waals surface area (Å²) in [4.78, 5) is 27.0. The molecule has 4 heteroatoms. The molecule has 1 N–H and O–H groups in total. The minimum Gasteiger partial charge on any atom is -0.307 e. The molecular weight excluding hydrogens is 432 g/mol. The van der Waals surface area contributed by atoms with E-state index in [9.17, 15) is 9.59 Å². The highest BCUT2D eigenvalue weighted by Gasteiger charge is 2.45. The van der Waals surface area contributed by atoms with Crippen LogP contribution >= 0.6 is 0 Å². The van der Waals surface area contributed by atoms with Crippen LogP contribution in [0.15, 0.2) is 0 Å². The van der Waals surface area contributed by atoms with Gasteiger partial charge in [-0.2, -0.15) is 0 Å². The second-order valence-electron chi connectivity index (χ2n) is 13.0. The van der Waals surface area contributed by atoms with Gasteiger partial charge in [0.05, 0.1) is 0 Å². The standard InChI is InChI=1S/C31H58N2O2/c1-6-7-8-9-10-11-12-13-14-15-16-17-18-19-20-21-27(33-28(34)22-23-29(33)35)26-24-30(2,3)32-31(4,5)25-26/h26-27,32H,6-25H2,1-5H3. The monoisotopic (exact) mass is 490 g/mol. The fraction of sp³-hybridized carbons (Fsp3) is 0.935. The van der Waals surface area contributed by atoms with Crippen molar-refractivity contribution in [2.75, 3.05) is 0 Å². The van der Waals surface area contributed by atoms with E-state index in [1.54, 1.807) is 4.90 Å². The third-order valence-corrected chi connectivity index (χ3v) is 8.29. The molecule has 2 heterocycles. The van der Waals surface area contributed by atoms with Crippen molar-refractivity contribution >= 4 is 11.8 Å². The zero-order valence-corrected chi connectivity index (χ0v) is 24.1. The average molecular weight is 491 g/mol. The van der Waals surface area contributed by atoms with E-state index in [0.29, 0.717) is 18.8 Å². The molecule has 204 valence electrons. The van der Waals surface area contributed by atoms with E-state index in [0.717, 1.165) is 25.7 Å². The van der Waals surface area contributed by atoms with Gasteiger partial charge in [-0.15, -0.1) is 0 Å². The third-order valence-electron chi connectivity index (χ3n) is 8.29. The van der Waals surface area contributed by atoms with Crippen molar-refractivity contribution in [3.63, 3.8) is 0 Å². The third kappa shape index (κ3) is 11.4. The number of piperidine rings is 1. The molecule has 2 aliphatic rings. The number of carbonyl (C=O) groups excluding carboxylic acids is 2. The second kappa shape index (κ2) is 15.4. The van der Waals surface area contributed by atoms with Gasteiger partial charge >= 0.3 is 0 Å². The van der Waals surface area contributed by atoms with E-state index in [4.69, 9.17) is 0 Å². The smallest absolute Gasteiger partial charge is 0.229 e. The van der Waals surface area contributed by atoms with Gasteiger partial charge in [0.2, 0.25) is 11.8 Å². The molecule has 2 aliphatic heterocycles. The van der Waals surface area contributed by atoms with Gasteiger partial charge in [0.15, 0.2) is 0 Å². The van der Waals surface area contributed by atoms with Crippen molar-refractivity contribution in [3.05, 3.63) is 0 Å². The zero-order chi connectivity index (χ0) is 25.7. The average Bonchev–Trinajstić information content (AvgIpc) is 3.09. The molecule has 1 atom stereocenters. The number of carbonyl (C=O) groups is 2. The molecule has 0 aromatic rings. The fourth-order valence-electron chi connectivity index (χ4n) is 6.94. The Morgan fingerprint density at radius 3 is 1.46 bits per heavy atom. The Kier molecular flexibility index (Phi) is 13.3. The number of imide groups is 1. The Morgan fingerprint density at radius 1 is 0.686 bits per heavy atom. The van der Waals surface area contributed by atoms with Crippen molar-refractivity contribution in [1.82, 2.24) is 10.2 Å². The van der Waals surface area contributed by atoms with Gasteiger partial charge < -0.3 is 5.32 Å². The van der Waals surface area contributed by atoms with Crippen molar-refractivity contribution in [2.24, 2.45) is 5.92 Å². The topological polar surface area (TPSA) is 49.4 Å². The van der Waals surface area contributed by atoms with Crippen molar-refractivity contribution < 1.29 is 9.59 Å². The number of amides is 2. The molecule has 2 amide bonds. The Labute approximate surface area is 217 Å². The van der Waals surface area contributed by atoms with Gasteiger partial charge in [0.1, 0.15) is 0 Å². The highest BCUT2D eigenvalue weighted by Crippen LogP contribution is 2.39. The van der Waals surface area contributed by atoms with Gasteiger partial charge in [0.25, 0.3) is 0 Å². The maximum atomic E-state index is 12.6. The molecule has 1 unspecified atom stereocenters. The lowest BCUT2D eigenvalue weighted by atomic mass is 9.71. The SMILES string of the molecule is CCCCCCCCCCCCCCCCCC(C1CC(C)(C)NC(C)(C)C1)N1C(=O)CCC1=O. The van der Waals surface area contributed by atoms with Crippen LogP contribution in [0.1, 0.15) is 163 Å². The van der Waals surface area contributed by atoms with Gasteiger partial charge in [-0.05, 0) is 52.9 Å². The number of hydrogen-bond donors (Lipinski definition) is 1. The summed E-state index contributed by atoms with van der Waals surface area (Å²) in [6.45, 7) is 11.3. The van der Waals surface area contributed by atoms with Crippen LogP contribution in [-0.4, -0.2) is 33.8 Å². The Balaban J connectivity index is 1.65. The highest BCUT2D eigenvalue weighted by atomic mass is 16.2. The predicted octanol–water partition coefficient (Wildman–Crippen LogP) is 8.32. The molecule has 0 radical (unpaired) electrons. The molecule has 0 bridgehead atoms. The molecule has 2 fully saturated rings. The van der Waals surface area contributed by atoms with E-state index >= 15 is 0 Å². The first-order chi connectivity index (χ1) is 16.7. The van der Waals surface area contributed by atoms with Gasteiger partial charge in [0, 0.05) is 30.0 Å². The predicted molar refractivity (Wildman–Crippen MR) is 148 cm³/mol. The van der Waals surface area contributed by atoms with Crippen LogP contribution in [0.2, 0.25) is 0 Å². The first kappa shape index (κ1) is 30.3. The summed E-state index contributed by atoms with van der Waals surface area (Å²) >= 11 is 0. The number of nitrogens with one attached hydrogen (secondary N) is 1. The van der Waals surface area contributed by atoms with Crippen LogP contribution in [0.5, 0.6) is 0 Å². The molecule has 0 aliphatic carbocycles. The van der Waals surface area contributed by atoms with E-state index in [1.165, 1.54) is 89.9 Å². The van der Waals surface area contributed by atoms with Crippen LogP contribution in [-0.2, 0) is 9.59 Å². The summed E-state index contributed by atoms with van der Waals surface area (Å²) in [5.41, 5.74) is 0.0665. The molecule has 0 aromatic heterocycles. The normalized spacial score (nSPS) is 21.1.